The van der Waals surface area contributed by atoms with E-state index in [-0.39, 0.29) is 0 Å². The van der Waals surface area contributed by atoms with Crippen LogP contribution in [-0.4, -0.2) is 6.61 Å². The van der Waals surface area contributed by atoms with Gasteiger partial charge in [0.1, 0.15) is 12.4 Å². The molecule has 0 unspecified atom stereocenters. The average Bonchev–Trinajstić information content (AvgIpc) is 2.45. The van der Waals surface area contributed by atoms with E-state index in [9.17, 15) is 0 Å². The zero-order valence-electron chi connectivity index (χ0n) is 11.0. The fraction of sp³-hybridized carbons (Fsp3) is 0.111. The van der Waals surface area contributed by atoms with Crippen LogP contribution in [0.3, 0.4) is 0 Å². The lowest BCUT2D eigenvalue weighted by Crippen LogP contribution is -1.95. The molecular weight excluding hydrogens is 232 g/mol. The van der Waals surface area contributed by atoms with Crippen LogP contribution in [-0.2, 0) is 0 Å². The van der Waals surface area contributed by atoms with Crippen LogP contribution in [0.25, 0.3) is 0 Å². The van der Waals surface area contributed by atoms with Gasteiger partial charge in [0.25, 0.3) is 0 Å². The minimum Gasteiger partial charge on any atom is -0.488 e. The Bertz CT molecular complexity index is 629. The third-order valence-electron chi connectivity index (χ3n) is 2.72. The molecule has 2 rings (SSSR count). The van der Waals surface area contributed by atoms with Crippen LogP contribution in [0, 0.1) is 18.8 Å². The van der Waals surface area contributed by atoms with Gasteiger partial charge in [0, 0.05) is 5.56 Å². The van der Waals surface area contributed by atoms with E-state index in [1.54, 1.807) is 6.08 Å². The monoisotopic (exact) mass is 248 g/mol. The van der Waals surface area contributed by atoms with Crippen molar-refractivity contribution in [1.29, 1.82) is 0 Å². The molecule has 2 aromatic rings. The predicted octanol–water partition coefficient (Wildman–Crippen LogP) is 3.96. The molecule has 0 atom stereocenters. The zero-order valence-corrected chi connectivity index (χ0v) is 11.0. The van der Waals surface area contributed by atoms with Crippen molar-refractivity contribution in [3.05, 3.63) is 77.9 Å². The van der Waals surface area contributed by atoms with Gasteiger partial charge in [0.2, 0.25) is 0 Å². The van der Waals surface area contributed by atoms with E-state index in [4.69, 9.17) is 4.74 Å². The Balaban J connectivity index is 2.29. The van der Waals surface area contributed by atoms with Crippen LogP contribution >= 0.6 is 0 Å². The number of hydrogen-bond acceptors (Lipinski definition) is 1. The van der Waals surface area contributed by atoms with Crippen LogP contribution < -0.4 is 4.74 Å². The molecular formula is C18H16O. The lowest BCUT2D eigenvalue weighted by molar-refractivity contribution is 0.362. The molecule has 0 fully saturated rings. The highest BCUT2D eigenvalue weighted by atomic mass is 16.5. The Labute approximate surface area is 114 Å². The molecule has 0 aliphatic carbocycles. The standard InChI is InChI=1S/C18H16O/c1-3-14-19-18-11-7-6-10-17(18)13-12-16-9-5-4-8-15(16)2/h3-11H,1,14H2,2H3. The number of aryl methyl sites for hydroxylation is 1. The third kappa shape index (κ3) is 3.50. The Hall–Kier alpha value is -2.46. The molecule has 0 spiro atoms. The summed E-state index contributed by atoms with van der Waals surface area (Å²) in [6.45, 7) is 6.20. The molecule has 0 bridgehead atoms. The van der Waals surface area contributed by atoms with E-state index in [1.165, 1.54) is 5.56 Å². The quantitative estimate of drug-likeness (QED) is 0.590. The molecule has 0 heterocycles. The van der Waals surface area contributed by atoms with Crippen LogP contribution in [0.1, 0.15) is 16.7 Å². The smallest absolute Gasteiger partial charge is 0.135 e. The highest BCUT2D eigenvalue weighted by Crippen LogP contribution is 2.17. The van der Waals surface area contributed by atoms with Crippen molar-refractivity contribution in [3.8, 4) is 17.6 Å². The minimum absolute atomic E-state index is 0.489. The molecule has 2 aromatic carbocycles. The first-order valence-corrected chi connectivity index (χ1v) is 6.21. The van der Waals surface area contributed by atoms with Gasteiger partial charge in [-0.3, -0.25) is 0 Å². The lowest BCUT2D eigenvalue weighted by Gasteiger charge is -2.04. The van der Waals surface area contributed by atoms with Gasteiger partial charge >= 0.3 is 0 Å². The second-order valence-electron chi connectivity index (χ2n) is 4.16. The summed E-state index contributed by atoms with van der Waals surface area (Å²) in [4.78, 5) is 0. The summed E-state index contributed by atoms with van der Waals surface area (Å²) in [5.74, 6) is 7.16. The largest absolute Gasteiger partial charge is 0.488 e. The van der Waals surface area contributed by atoms with Gasteiger partial charge in [-0.05, 0) is 30.7 Å². The van der Waals surface area contributed by atoms with Crippen molar-refractivity contribution in [2.75, 3.05) is 6.61 Å². The second-order valence-corrected chi connectivity index (χ2v) is 4.16. The van der Waals surface area contributed by atoms with Gasteiger partial charge in [-0.25, -0.2) is 0 Å². The van der Waals surface area contributed by atoms with Crippen molar-refractivity contribution >= 4 is 0 Å². The number of ether oxygens (including phenoxy) is 1. The van der Waals surface area contributed by atoms with E-state index in [1.807, 2.05) is 42.5 Å². The molecule has 0 aromatic heterocycles. The molecule has 0 radical (unpaired) electrons. The Morgan fingerprint density at radius 2 is 1.63 bits per heavy atom. The third-order valence-corrected chi connectivity index (χ3v) is 2.72. The molecule has 0 N–H and O–H groups in total. The molecule has 19 heavy (non-hydrogen) atoms. The summed E-state index contributed by atoms with van der Waals surface area (Å²) in [6, 6.07) is 15.9. The summed E-state index contributed by atoms with van der Waals surface area (Å²) in [7, 11) is 0. The number of para-hydroxylation sites is 1. The van der Waals surface area contributed by atoms with Crippen LogP contribution in [0.5, 0.6) is 5.75 Å². The minimum atomic E-state index is 0.489. The Morgan fingerprint density at radius 1 is 1.00 bits per heavy atom. The summed E-state index contributed by atoms with van der Waals surface area (Å²) in [5, 5.41) is 0. The summed E-state index contributed by atoms with van der Waals surface area (Å²) in [6.07, 6.45) is 1.73. The normalized spacial score (nSPS) is 9.32. The molecule has 0 saturated heterocycles. The average molecular weight is 248 g/mol. The SMILES string of the molecule is C=CCOc1ccccc1C#Cc1ccccc1C. The maximum atomic E-state index is 5.58. The van der Waals surface area contributed by atoms with Crippen molar-refractivity contribution in [3.63, 3.8) is 0 Å². The molecule has 0 saturated carbocycles. The first-order chi connectivity index (χ1) is 9.31. The summed E-state index contributed by atoms with van der Waals surface area (Å²) < 4.78 is 5.58. The summed E-state index contributed by atoms with van der Waals surface area (Å²) in [5.41, 5.74) is 3.12. The van der Waals surface area contributed by atoms with Gasteiger partial charge in [-0.1, -0.05) is 54.8 Å². The van der Waals surface area contributed by atoms with E-state index in [0.29, 0.717) is 6.61 Å². The van der Waals surface area contributed by atoms with E-state index in [2.05, 4.69) is 31.4 Å². The highest BCUT2D eigenvalue weighted by molar-refractivity contribution is 5.51. The van der Waals surface area contributed by atoms with E-state index >= 15 is 0 Å². The van der Waals surface area contributed by atoms with E-state index in [0.717, 1.165) is 16.9 Å². The van der Waals surface area contributed by atoms with Crippen LogP contribution in [0.2, 0.25) is 0 Å². The molecule has 0 aliphatic rings. The van der Waals surface area contributed by atoms with Gasteiger partial charge in [0.15, 0.2) is 0 Å². The molecule has 1 nitrogen and oxygen atoms in total. The summed E-state index contributed by atoms with van der Waals surface area (Å²) >= 11 is 0. The molecule has 0 amide bonds. The lowest BCUT2D eigenvalue weighted by atomic mass is 10.1. The van der Waals surface area contributed by atoms with Gasteiger partial charge in [-0.15, -0.1) is 0 Å². The fourth-order valence-corrected chi connectivity index (χ4v) is 1.69. The van der Waals surface area contributed by atoms with Gasteiger partial charge in [-0.2, -0.15) is 0 Å². The van der Waals surface area contributed by atoms with Crippen LogP contribution in [0.4, 0.5) is 0 Å². The van der Waals surface area contributed by atoms with Crippen LogP contribution in [0.15, 0.2) is 61.2 Å². The number of benzene rings is 2. The van der Waals surface area contributed by atoms with Gasteiger partial charge in [0.05, 0.1) is 5.56 Å². The van der Waals surface area contributed by atoms with Crippen molar-refractivity contribution < 1.29 is 4.74 Å². The van der Waals surface area contributed by atoms with Gasteiger partial charge < -0.3 is 4.74 Å². The number of hydrogen-bond donors (Lipinski definition) is 0. The maximum Gasteiger partial charge on any atom is 0.135 e. The molecule has 0 aliphatic heterocycles. The first kappa shape index (κ1) is 13.0. The fourth-order valence-electron chi connectivity index (χ4n) is 1.69. The van der Waals surface area contributed by atoms with E-state index < -0.39 is 0 Å². The Kier molecular flexibility index (Phi) is 4.42. The first-order valence-electron chi connectivity index (χ1n) is 6.21. The van der Waals surface area contributed by atoms with Crippen molar-refractivity contribution in [2.24, 2.45) is 0 Å². The topological polar surface area (TPSA) is 9.23 Å². The van der Waals surface area contributed by atoms with Crippen molar-refractivity contribution in [1.82, 2.24) is 0 Å². The van der Waals surface area contributed by atoms with Crippen molar-refractivity contribution in [2.45, 2.75) is 6.92 Å². The Morgan fingerprint density at radius 3 is 2.37 bits per heavy atom. The highest BCUT2D eigenvalue weighted by Gasteiger charge is 1.98. The number of rotatable bonds is 3. The second kappa shape index (κ2) is 6.47. The predicted molar refractivity (Wildman–Crippen MR) is 79.3 cm³/mol. The maximum absolute atomic E-state index is 5.58. The molecule has 1 heteroatoms. The molecule has 94 valence electrons. The zero-order chi connectivity index (χ0) is 13.5.